The summed E-state index contributed by atoms with van der Waals surface area (Å²) < 4.78 is 21.4. The fourth-order valence-electron chi connectivity index (χ4n) is 9.11. The van der Waals surface area contributed by atoms with Gasteiger partial charge in [-0.2, -0.15) is 10.1 Å². The molecule has 17 heteroatoms. The van der Waals surface area contributed by atoms with Gasteiger partial charge >= 0.3 is 6.03 Å². The molecule has 9 rings (SSSR count). The number of piperidine rings is 1. The summed E-state index contributed by atoms with van der Waals surface area (Å²) in [5.41, 5.74) is 8.37. The second kappa shape index (κ2) is 19.2. The third kappa shape index (κ3) is 10.0. The van der Waals surface area contributed by atoms with Gasteiger partial charge in [-0.3, -0.25) is 24.6 Å². The molecule has 0 bridgehead atoms. The average molecular weight is 928 g/mol. The number of carbonyl (C=O) groups excluding carboxylic acids is 2. The van der Waals surface area contributed by atoms with Gasteiger partial charge in [0.25, 0.3) is 0 Å². The first-order valence-corrected chi connectivity index (χ1v) is 25.3. The lowest BCUT2D eigenvalue weighted by Gasteiger charge is -2.40. The molecule has 4 aromatic carbocycles. The summed E-state index contributed by atoms with van der Waals surface area (Å²) in [6.45, 7) is 10.7. The van der Waals surface area contributed by atoms with Crippen molar-refractivity contribution in [2.45, 2.75) is 19.3 Å². The molecule has 3 aliphatic rings. The van der Waals surface area contributed by atoms with E-state index in [0.29, 0.717) is 58.1 Å². The second-order valence-electron chi connectivity index (χ2n) is 17.6. The van der Waals surface area contributed by atoms with Gasteiger partial charge in [0, 0.05) is 112 Å². The van der Waals surface area contributed by atoms with Crippen LogP contribution in [0.3, 0.4) is 0 Å². The van der Waals surface area contributed by atoms with E-state index in [2.05, 4.69) is 65.0 Å². The molecule has 0 saturated carbocycles. The van der Waals surface area contributed by atoms with Crippen molar-refractivity contribution in [2.24, 2.45) is 13.0 Å². The Morgan fingerprint density at radius 1 is 0.803 bits per heavy atom. The molecule has 5 heterocycles. The van der Waals surface area contributed by atoms with Gasteiger partial charge in [0.05, 0.1) is 30.9 Å². The van der Waals surface area contributed by atoms with Gasteiger partial charge < -0.3 is 29.7 Å². The quantitative estimate of drug-likeness (QED) is 0.0954. The summed E-state index contributed by atoms with van der Waals surface area (Å²) in [7, 11) is 0.860. The number of amides is 3. The van der Waals surface area contributed by atoms with E-state index in [0.717, 1.165) is 98.0 Å². The topological polar surface area (TPSA) is 153 Å². The number of hydrogen-bond acceptors (Lipinski definition) is 12. The molecule has 6 aromatic rings. The number of methoxy groups -OCH3 is 1. The van der Waals surface area contributed by atoms with Crippen molar-refractivity contribution in [1.29, 1.82) is 0 Å². The molecule has 0 atom stereocenters. The minimum atomic E-state index is -2.72. The number of urea groups is 1. The Labute approximate surface area is 390 Å². The van der Waals surface area contributed by atoms with Crippen molar-refractivity contribution in [3.05, 3.63) is 109 Å². The van der Waals surface area contributed by atoms with Crippen molar-refractivity contribution in [2.75, 3.05) is 98.1 Å². The van der Waals surface area contributed by atoms with E-state index in [1.54, 1.807) is 31.5 Å². The molecule has 0 aliphatic carbocycles. The maximum Gasteiger partial charge on any atom is 0.328 e. The number of ether oxygens (including phenoxy) is 1. The minimum Gasteiger partial charge on any atom is -0.494 e. The highest BCUT2D eigenvalue weighted by Crippen LogP contribution is 2.43. The average Bonchev–Trinajstić information content (AvgIpc) is 3.76. The summed E-state index contributed by atoms with van der Waals surface area (Å²) in [5, 5.41) is 14.7. The van der Waals surface area contributed by atoms with Crippen LogP contribution in [0.1, 0.15) is 19.3 Å². The van der Waals surface area contributed by atoms with Gasteiger partial charge in [-0.25, -0.2) is 9.78 Å². The van der Waals surface area contributed by atoms with Crippen LogP contribution in [0, 0.1) is 5.92 Å². The van der Waals surface area contributed by atoms with Gasteiger partial charge in [-0.05, 0) is 85.7 Å². The normalized spacial score (nSPS) is 16.3. The SMILES string of the molecule is COc1cc(N2CCC(CN3CCN(c4ccc(N5CCC(=O)NC5=O)cc4)CC3)CC2)c(-c2cnn(C)c2)cc1Nc1ncc(Cl)c(Nc2ccc(-c3ccccc3)cc2P(C)(C)=O)n1. The lowest BCUT2D eigenvalue weighted by molar-refractivity contribution is -0.120. The third-order valence-electron chi connectivity index (χ3n) is 12.7. The lowest BCUT2D eigenvalue weighted by Crippen LogP contribution is -2.49. The fraction of sp³-hybridized carbons (Fsp3) is 0.327. The van der Waals surface area contributed by atoms with E-state index in [4.69, 9.17) is 21.3 Å². The predicted molar refractivity (Wildman–Crippen MR) is 265 cm³/mol. The Hall–Kier alpha value is -6.41. The van der Waals surface area contributed by atoms with Crippen molar-refractivity contribution in [3.63, 3.8) is 0 Å². The number of aryl methyl sites for hydroxylation is 1. The first-order valence-electron chi connectivity index (χ1n) is 22.3. The molecule has 3 saturated heterocycles. The second-order valence-corrected chi connectivity index (χ2v) is 21.1. The van der Waals surface area contributed by atoms with Crippen LogP contribution < -0.4 is 40.7 Å². The van der Waals surface area contributed by atoms with E-state index < -0.39 is 7.14 Å². The largest absolute Gasteiger partial charge is 0.494 e. The van der Waals surface area contributed by atoms with Crippen LogP contribution in [-0.4, -0.2) is 109 Å². The van der Waals surface area contributed by atoms with Crippen molar-refractivity contribution >= 4 is 76.2 Å². The summed E-state index contributed by atoms with van der Waals surface area (Å²) in [6, 6.07) is 27.8. The molecular weight excluding hydrogens is 873 g/mol. The van der Waals surface area contributed by atoms with Crippen molar-refractivity contribution < 1.29 is 18.9 Å². The Morgan fingerprint density at radius 2 is 1.55 bits per heavy atom. The molecule has 0 spiro atoms. The number of anilines is 7. The number of rotatable bonds is 13. The highest BCUT2D eigenvalue weighted by Gasteiger charge is 2.28. The number of carbonyl (C=O) groups is 2. The molecule has 0 radical (unpaired) electrons. The van der Waals surface area contributed by atoms with Crippen LogP contribution >= 0.6 is 18.7 Å². The molecule has 3 amide bonds. The lowest BCUT2D eigenvalue weighted by atomic mass is 9.94. The molecular formula is C49H55ClN11O4P. The molecule has 15 nitrogen and oxygen atoms in total. The van der Waals surface area contributed by atoms with Gasteiger partial charge in [-0.15, -0.1) is 0 Å². The fourth-order valence-corrected chi connectivity index (χ4v) is 10.4. The zero-order valence-electron chi connectivity index (χ0n) is 37.7. The molecule has 66 heavy (non-hydrogen) atoms. The van der Waals surface area contributed by atoms with E-state index in [1.807, 2.05) is 84.8 Å². The number of hydrogen-bond donors (Lipinski definition) is 3. The molecule has 0 unspecified atom stereocenters. The zero-order chi connectivity index (χ0) is 46.0. The Bertz CT molecular complexity index is 2770. The van der Waals surface area contributed by atoms with Gasteiger partial charge in [0.2, 0.25) is 11.9 Å². The number of benzene rings is 4. The third-order valence-corrected chi connectivity index (χ3v) is 14.5. The number of halogens is 1. The van der Waals surface area contributed by atoms with Crippen molar-refractivity contribution in [1.82, 2.24) is 30.0 Å². The highest BCUT2D eigenvalue weighted by atomic mass is 35.5. The summed E-state index contributed by atoms with van der Waals surface area (Å²) in [5.74, 6) is 1.69. The maximum atomic E-state index is 13.6. The Morgan fingerprint density at radius 3 is 2.23 bits per heavy atom. The maximum absolute atomic E-state index is 13.6. The number of nitrogens with one attached hydrogen (secondary N) is 3. The first-order chi connectivity index (χ1) is 31.9. The molecule has 2 aromatic heterocycles. The van der Waals surface area contributed by atoms with Crippen LogP contribution in [0.2, 0.25) is 5.02 Å². The van der Waals surface area contributed by atoms with Gasteiger partial charge in [-0.1, -0.05) is 48.0 Å². The highest BCUT2D eigenvalue weighted by molar-refractivity contribution is 7.70. The summed E-state index contributed by atoms with van der Waals surface area (Å²) in [4.78, 5) is 42.3. The number of piperazine rings is 1. The van der Waals surface area contributed by atoms with E-state index in [1.165, 1.54) is 0 Å². The van der Waals surface area contributed by atoms with E-state index in [-0.39, 0.29) is 11.9 Å². The molecule has 3 N–H and O–H groups in total. The number of nitrogens with zero attached hydrogens (tertiary/aromatic N) is 8. The van der Waals surface area contributed by atoms with Crippen LogP contribution in [0.5, 0.6) is 5.75 Å². The monoisotopic (exact) mass is 927 g/mol. The smallest absolute Gasteiger partial charge is 0.328 e. The Balaban J connectivity index is 0.862. The number of imide groups is 1. The van der Waals surface area contributed by atoms with Crippen LogP contribution in [-0.2, 0) is 16.4 Å². The van der Waals surface area contributed by atoms with Gasteiger partial charge in [0.15, 0.2) is 5.82 Å². The van der Waals surface area contributed by atoms with E-state index in [9.17, 15) is 14.2 Å². The number of aromatic nitrogens is 4. The minimum absolute atomic E-state index is 0.229. The zero-order valence-corrected chi connectivity index (χ0v) is 39.4. The standard InChI is InChI=1S/C49H55ClN11O4P/c1-57-32-36(29-52-57)39-27-42(54-48-51-30-40(50)47(56-48)53-41-15-10-35(26-45(41)66(3,4)64)34-8-6-5-7-9-34)44(65-2)28-43(39)60-19-16-33(17-20-60)31-58-22-24-59(25-23-58)37-11-13-38(14-12-37)61-21-18-46(62)55-49(61)63/h5-15,26-30,32-33H,16-25,31H2,1-4H3,(H,55,62,63)(H2,51,53,54,56). The summed E-state index contributed by atoms with van der Waals surface area (Å²) >= 11 is 6.70. The predicted octanol–water partition coefficient (Wildman–Crippen LogP) is 8.43. The molecule has 3 aliphatic heterocycles. The first kappa shape index (κ1) is 44.8. The van der Waals surface area contributed by atoms with Crippen LogP contribution in [0.15, 0.2) is 104 Å². The Kier molecular flexibility index (Phi) is 13.0. The van der Waals surface area contributed by atoms with Crippen LogP contribution in [0.4, 0.5) is 45.0 Å². The van der Waals surface area contributed by atoms with Crippen molar-refractivity contribution in [3.8, 4) is 28.0 Å². The molecule has 3 fully saturated rings. The molecule has 342 valence electrons. The van der Waals surface area contributed by atoms with Gasteiger partial charge in [0.1, 0.15) is 17.9 Å². The van der Waals surface area contributed by atoms with Crippen LogP contribution in [0.25, 0.3) is 22.3 Å². The van der Waals surface area contributed by atoms with E-state index >= 15 is 0 Å². The summed E-state index contributed by atoms with van der Waals surface area (Å²) in [6.07, 6.45) is 7.90.